The smallest absolute Gasteiger partial charge is 0.326 e. The van der Waals surface area contributed by atoms with Crippen LogP contribution in [-0.4, -0.2) is 35.1 Å². The van der Waals surface area contributed by atoms with E-state index in [0.717, 1.165) is 0 Å². The second-order valence-corrected chi connectivity index (χ2v) is 4.94. The highest BCUT2D eigenvalue weighted by Gasteiger charge is 2.24. The molecule has 6 heteroatoms. The third-order valence-corrected chi connectivity index (χ3v) is 3.43. The fourth-order valence-corrected chi connectivity index (χ4v) is 2.00. The van der Waals surface area contributed by atoms with Crippen LogP contribution in [0.1, 0.15) is 38.3 Å². The molecule has 0 fully saturated rings. The Morgan fingerprint density at radius 3 is 2.52 bits per heavy atom. The van der Waals surface area contributed by atoms with Crippen LogP contribution in [0.2, 0.25) is 0 Å². The Labute approximate surface area is 123 Å². The van der Waals surface area contributed by atoms with Gasteiger partial charge in [-0.3, -0.25) is 0 Å². The number of benzene rings is 1. The SMILES string of the molecule is CCC[C@H](NC(=O)N(C)C(C)c1ccccc1F)C(=O)O. The molecule has 0 bridgehead atoms. The zero-order chi connectivity index (χ0) is 16.0. The molecule has 21 heavy (non-hydrogen) atoms. The molecule has 1 aromatic rings. The topological polar surface area (TPSA) is 69.6 Å². The molecule has 2 amide bonds. The Balaban J connectivity index is 2.78. The number of nitrogens with zero attached hydrogens (tertiary/aromatic N) is 1. The molecule has 2 atom stereocenters. The van der Waals surface area contributed by atoms with Gasteiger partial charge in [0.2, 0.25) is 0 Å². The number of rotatable bonds is 6. The fourth-order valence-electron chi connectivity index (χ4n) is 2.00. The molecule has 0 aliphatic carbocycles. The molecular weight excluding hydrogens is 275 g/mol. The highest BCUT2D eigenvalue weighted by atomic mass is 19.1. The Hall–Kier alpha value is -2.11. The first kappa shape index (κ1) is 16.9. The van der Waals surface area contributed by atoms with Crippen LogP contribution in [0.15, 0.2) is 24.3 Å². The number of nitrogens with one attached hydrogen (secondary N) is 1. The van der Waals surface area contributed by atoms with E-state index in [2.05, 4.69) is 5.32 Å². The van der Waals surface area contributed by atoms with Crippen molar-refractivity contribution in [3.8, 4) is 0 Å². The Morgan fingerprint density at radius 2 is 2.00 bits per heavy atom. The molecule has 2 N–H and O–H groups in total. The summed E-state index contributed by atoms with van der Waals surface area (Å²) in [6.07, 6.45) is 0.993. The largest absolute Gasteiger partial charge is 0.480 e. The van der Waals surface area contributed by atoms with E-state index in [4.69, 9.17) is 5.11 Å². The molecule has 0 spiro atoms. The summed E-state index contributed by atoms with van der Waals surface area (Å²) in [7, 11) is 1.51. The second kappa shape index (κ2) is 7.61. The molecule has 0 aliphatic heterocycles. The van der Waals surface area contributed by atoms with Gasteiger partial charge in [-0.2, -0.15) is 0 Å². The number of carbonyl (C=O) groups is 2. The van der Waals surface area contributed by atoms with Gasteiger partial charge in [-0.1, -0.05) is 31.5 Å². The van der Waals surface area contributed by atoms with Gasteiger partial charge in [0.25, 0.3) is 0 Å². The highest BCUT2D eigenvalue weighted by molar-refractivity contribution is 5.82. The van der Waals surface area contributed by atoms with Crippen LogP contribution in [0.3, 0.4) is 0 Å². The average molecular weight is 296 g/mol. The highest BCUT2D eigenvalue weighted by Crippen LogP contribution is 2.21. The molecule has 0 heterocycles. The van der Waals surface area contributed by atoms with Gasteiger partial charge < -0.3 is 15.3 Å². The molecule has 116 valence electrons. The van der Waals surface area contributed by atoms with Gasteiger partial charge in [-0.25, -0.2) is 14.0 Å². The first-order valence-electron chi connectivity index (χ1n) is 6.89. The van der Waals surface area contributed by atoms with Crippen molar-refractivity contribution >= 4 is 12.0 Å². The van der Waals surface area contributed by atoms with Crippen LogP contribution < -0.4 is 5.32 Å². The molecule has 5 nitrogen and oxygen atoms in total. The van der Waals surface area contributed by atoms with Crippen molar-refractivity contribution < 1.29 is 19.1 Å². The second-order valence-electron chi connectivity index (χ2n) is 4.94. The van der Waals surface area contributed by atoms with Crippen LogP contribution >= 0.6 is 0 Å². The van der Waals surface area contributed by atoms with Crippen molar-refractivity contribution in [2.24, 2.45) is 0 Å². The minimum absolute atomic E-state index is 0.350. The summed E-state index contributed by atoms with van der Waals surface area (Å²) < 4.78 is 13.7. The fraction of sp³-hybridized carbons (Fsp3) is 0.467. The number of carboxylic acid groups (broad SMARTS) is 1. The van der Waals surface area contributed by atoms with Gasteiger partial charge in [0.15, 0.2) is 0 Å². The van der Waals surface area contributed by atoms with E-state index in [-0.39, 0.29) is 0 Å². The van der Waals surface area contributed by atoms with Crippen molar-refractivity contribution in [1.29, 1.82) is 0 Å². The number of aliphatic carboxylic acids is 1. The number of hydrogen-bond acceptors (Lipinski definition) is 2. The molecule has 0 saturated carbocycles. The van der Waals surface area contributed by atoms with E-state index in [0.29, 0.717) is 18.4 Å². The number of amides is 2. The van der Waals surface area contributed by atoms with E-state index in [1.807, 2.05) is 6.92 Å². The van der Waals surface area contributed by atoms with Gasteiger partial charge >= 0.3 is 12.0 Å². The third-order valence-electron chi connectivity index (χ3n) is 3.43. The number of urea groups is 1. The predicted molar refractivity (Wildman–Crippen MR) is 77.4 cm³/mol. The van der Waals surface area contributed by atoms with Gasteiger partial charge in [0.1, 0.15) is 11.9 Å². The maximum absolute atomic E-state index is 13.7. The summed E-state index contributed by atoms with van der Waals surface area (Å²) in [6, 6.07) is 4.23. The quantitative estimate of drug-likeness (QED) is 0.848. The molecule has 0 saturated heterocycles. The molecular formula is C15H21FN2O3. The van der Waals surface area contributed by atoms with Crippen LogP contribution in [0.25, 0.3) is 0 Å². The summed E-state index contributed by atoms with van der Waals surface area (Å²) in [5.41, 5.74) is 0.387. The number of halogens is 1. The lowest BCUT2D eigenvalue weighted by molar-refractivity contribution is -0.139. The van der Waals surface area contributed by atoms with E-state index in [9.17, 15) is 14.0 Å². The summed E-state index contributed by atoms with van der Waals surface area (Å²) in [5.74, 6) is -1.47. The maximum atomic E-state index is 13.7. The number of hydrogen-bond donors (Lipinski definition) is 2. The molecule has 1 aromatic carbocycles. The average Bonchev–Trinajstić information content (AvgIpc) is 2.45. The lowest BCUT2D eigenvalue weighted by atomic mass is 10.1. The predicted octanol–water partition coefficient (Wildman–Crippen LogP) is 2.78. The molecule has 0 radical (unpaired) electrons. The zero-order valence-electron chi connectivity index (χ0n) is 12.5. The number of carbonyl (C=O) groups excluding carboxylic acids is 1. The Kier molecular flexibility index (Phi) is 6.14. The molecule has 0 aliphatic rings. The Morgan fingerprint density at radius 1 is 1.38 bits per heavy atom. The zero-order valence-corrected chi connectivity index (χ0v) is 12.5. The van der Waals surface area contributed by atoms with Crippen LogP contribution in [0.5, 0.6) is 0 Å². The van der Waals surface area contributed by atoms with Crippen molar-refractivity contribution in [2.75, 3.05) is 7.05 Å². The monoisotopic (exact) mass is 296 g/mol. The number of carboxylic acids is 1. The van der Waals surface area contributed by atoms with E-state index in [1.165, 1.54) is 18.0 Å². The van der Waals surface area contributed by atoms with Crippen molar-refractivity contribution in [1.82, 2.24) is 10.2 Å². The normalized spacial score (nSPS) is 13.3. The minimum Gasteiger partial charge on any atom is -0.480 e. The van der Waals surface area contributed by atoms with Crippen molar-refractivity contribution in [3.05, 3.63) is 35.6 Å². The van der Waals surface area contributed by atoms with Gasteiger partial charge in [0, 0.05) is 12.6 Å². The molecule has 0 aromatic heterocycles. The Bertz CT molecular complexity index is 507. The first-order valence-corrected chi connectivity index (χ1v) is 6.89. The lowest BCUT2D eigenvalue weighted by Crippen LogP contribution is -2.47. The van der Waals surface area contributed by atoms with Gasteiger partial charge in [0.05, 0.1) is 6.04 Å². The van der Waals surface area contributed by atoms with Gasteiger partial charge in [-0.15, -0.1) is 0 Å². The van der Waals surface area contributed by atoms with E-state index in [1.54, 1.807) is 25.1 Å². The van der Waals surface area contributed by atoms with Crippen molar-refractivity contribution in [2.45, 2.75) is 38.8 Å². The van der Waals surface area contributed by atoms with E-state index < -0.39 is 29.9 Å². The van der Waals surface area contributed by atoms with Crippen LogP contribution in [0.4, 0.5) is 9.18 Å². The molecule has 1 rings (SSSR count). The van der Waals surface area contributed by atoms with E-state index >= 15 is 0 Å². The summed E-state index contributed by atoms with van der Waals surface area (Å²) in [4.78, 5) is 24.4. The molecule has 1 unspecified atom stereocenters. The lowest BCUT2D eigenvalue weighted by Gasteiger charge is -2.27. The minimum atomic E-state index is -1.07. The van der Waals surface area contributed by atoms with Crippen LogP contribution in [-0.2, 0) is 4.79 Å². The summed E-state index contributed by atoms with van der Waals surface area (Å²) in [6.45, 7) is 3.53. The standard InChI is InChI=1S/C15H21FN2O3/c1-4-7-13(14(19)20)17-15(21)18(3)10(2)11-8-5-6-9-12(11)16/h5-6,8-10,13H,4,7H2,1-3H3,(H,17,21)(H,19,20)/t10?,13-/m0/s1. The third kappa shape index (κ3) is 4.44. The summed E-state index contributed by atoms with van der Waals surface area (Å²) in [5, 5.41) is 11.5. The first-order chi connectivity index (χ1) is 9.88. The van der Waals surface area contributed by atoms with Crippen LogP contribution in [0, 0.1) is 5.82 Å². The maximum Gasteiger partial charge on any atom is 0.326 e. The van der Waals surface area contributed by atoms with Crippen molar-refractivity contribution in [3.63, 3.8) is 0 Å². The summed E-state index contributed by atoms with van der Waals surface area (Å²) >= 11 is 0. The van der Waals surface area contributed by atoms with Gasteiger partial charge in [-0.05, 0) is 19.4 Å².